The van der Waals surface area contributed by atoms with Gasteiger partial charge in [-0.15, -0.1) is 0 Å². The lowest BCUT2D eigenvalue weighted by molar-refractivity contribution is 0.157. The second-order valence-electron chi connectivity index (χ2n) is 3.97. The first-order valence-electron chi connectivity index (χ1n) is 5.45. The predicted octanol–water partition coefficient (Wildman–Crippen LogP) is 1.08. The van der Waals surface area contributed by atoms with E-state index in [1.807, 2.05) is 4.72 Å². The van der Waals surface area contributed by atoms with Crippen molar-refractivity contribution in [3.63, 3.8) is 0 Å². The lowest BCUT2D eigenvalue weighted by Crippen LogP contribution is -2.49. The van der Waals surface area contributed by atoms with Crippen LogP contribution < -0.4 is 4.72 Å². The molecule has 1 saturated heterocycles. The largest absolute Gasteiger partial charge is 0.449 e. The van der Waals surface area contributed by atoms with Crippen molar-refractivity contribution in [1.82, 2.24) is 9.03 Å². The Hall–Kier alpha value is -0.340. The number of carbonyl (C=O) groups excluding carboxylic acids is 1. The van der Waals surface area contributed by atoms with E-state index < -0.39 is 16.3 Å². The van der Waals surface area contributed by atoms with Crippen LogP contribution in [0.15, 0.2) is 0 Å². The minimum atomic E-state index is -3.78. The molecule has 0 bridgehead atoms. The Labute approximate surface area is 110 Å². The van der Waals surface area contributed by atoms with Crippen molar-refractivity contribution in [2.45, 2.75) is 25.1 Å². The third-order valence-electron chi connectivity index (χ3n) is 2.66. The van der Waals surface area contributed by atoms with Crippen LogP contribution in [-0.4, -0.2) is 43.3 Å². The SMILES string of the molecule is CCOC(=O)NS(=O)(=O)N1CCC(C)C(Br)C1. The van der Waals surface area contributed by atoms with E-state index in [9.17, 15) is 13.2 Å². The second kappa shape index (κ2) is 6.01. The minimum absolute atomic E-state index is 0.107. The first-order chi connectivity index (χ1) is 7.86. The second-order valence-corrected chi connectivity index (χ2v) is 6.81. The number of piperidine rings is 1. The Morgan fingerprint density at radius 2 is 2.24 bits per heavy atom. The van der Waals surface area contributed by atoms with Crippen molar-refractivity contribution in [2.24, 2.45) is 5.92 Å². The monoisotopic (exact) mass is 328 g/mol. The van der Waals surface area contributed by atoms with Gasteiger partial charge in [-0.3, -0.25) is 0 Å². The van der Waals surface area contributed by atoms with Gasteiger partial charge in [0.25, 0.3) is 0 Å². The highest BCUT2D eigenvalue weighted by Crippen LogP contribution is 2.24. The van der Waals surface area contributed by atoms with E-state index in [0.717, 1.165) is 6.42 Å². The molecule has 0 aromatic carbocycles. The molecule has 1 amide bonds. The Morgan fingerprint density at radius 1 is 1.59 bits per heavy atom. The van der Waals surface area contributed by atoms with Gasteiger partial charge in [-0.2, -0.15) is 12.7 Å². The zero-order valence-electron chi connectivity index (χ0n) is 9.85. The Bertz CT molecular complexity index is 373. The standard InChI is InChI=1S/C9H17BrN2O4S/c1-3-16-9(13)11-17(14,15)12-5-4-7(2)8(10)6-12/h7-8H,3-6H2,1-2H3,(H,11,13). The molecule has 1 fully saturated rings. The van der Waals surface area contributed by atoms with Gasteiger partial charge in [-0.05, 0) is 19.3 Å². The number of halogens is 1. The van der Waals surface area contributed by atoms with Crippen LogP contribution in [0.25, 0.3) is 0 Å². The van der Waals surface area contributed by atoms with Gasteiger partial charge in [0.05, 0.1) is 6.61 Å². The molecule has 1 aliphatic heterocycles. The molecule has 0 aliphatic carbocycles. The summed E-state index contributed by atoms with van der Waals surface area (Å²) in [4.78, 5) is 11.2. The summed E-state index contributed by atoms with van der Waals surface area (Å²) < 4.78 is 31.3. The van der Waals surface area contributed by atoms with Crippen molar-refractivity contribution >= 4 is 32.2 Å². The Balaban J connectivity index is 2.62. The molecular formula is C9H17BrN2O4S. The molecule has 1 heterocycles. The minimum Gasteiger partial charge on any atom is -0.449 e. The molecule has 0 aromatic rings. The van der Waals surface area contributed by atoms with Gasteiger partial charge in [0.1, 0.15) is 0 Å². The van der Waals surface area contributed by atoms with E-state index >= 15 is 0 Å². The lowest BCUT2D eigenvalue weighted by atomic mass is 10.0. The first kappa shape index (κ1) is 14.7. The quantitative estimate of drug-likeness (QED) is 0.786. The van der Waals surface area contributed by atoms with E-state index in [4.69, 9.17) is 0 Å². The highest BCUT2D eigenvalue weighted by Gasteiger charge is 2.32. The number of carbonyl (C=O) groups is 1. The number of hydrogen-bond acceptors (Lipinski definition) is 4. The molecule has 2 atom stereocenters. The molecule has 1 aliphatic rings. The van der Waals surface area contributed by atoms with Gasteiger partial charge in [-0.25, -0.2) is 9.52 Å². The number of ether oxygens (including phenoxy) is 1. The zero-order chi connectivity index (χ0) is 13.1. The van der Waals surface area contributed by atoms with Crippen molar-refractivity contribution in [3.8, 4) is 0 Å². The predicted molar refractivity (Wildman–Crippen MR) is 67.1 cm³/mol. The summed E-state index contributed by atoms with van der Waals surface area (Å²) in [5, 5.41) is 0. The zero-order valence-corrected chi connectivity index (χ0v) is 12.3. The summed E-state index contributed by atoms with van der Waals surface area (Å²) in [5.74, 6) is 0.420. The first-order valence-corrected chi connectivity index (χ1v) is 7.81. The third kappa shape index (κ3) is 4.11. The summed E-state index contributed by atoms with van der Waals surface area (Å²) >= 11 is 3.43. The third-order valence-corrected chi connectivity index (χ3v) is 5.29. The molecule has 0 aromatic heterocycles. The van der Waals surface area contributed by atoms with Crippen molar-refractivity contribution in [3.05, 3.63) is 0 Å². The molecule has 6 nitrogen and oxygen atoms in total. The average molecular weight is 329 g/mol. The highest BCUT2D eigenvalue weighted by atomic mass is 79.9. The van der Waals surface area contributed by atoms with Crippen LogP contribution in [-0.2, 0) is 14.9 Å². The molecule has 0 spiro atoms. The molecule has 1 N–H and O–H groups in total. The highest BCUT2D eigenvalue weighted by molar-refractivity contribution is 9.09. The average Bonchev–Trinajstić information content (AvgIpc) is 2.21. The molecule has 100 valence electrons. The van der Waals surface area contributed by atoms with Gasteiger partial charge in [-0.1, -0.05) is 22.9 Å². The molecule has 2 unspecified atom stereocenters. The van der Waals surface area contributed by atoms with Gasteiger partial charge in [0.2, 0.25) is 0 Å². The van der Waals surface area contributed by atoms with E-state index in [0.29, 0.717) is 19.0 Å². The van der Waals surface area contributed by atoms with Crippen molar-refractivity contribution < 1.29 is 17.9 Å². The van der Waals surface area contributed by atoms with E-state index in [1.54, 1.807) is 6.92 Å². The summed E-state index contributed by atoms with van der Waals surface area (Å²) in [6, 6.07) is 0. The molecule has 1 rings (SSSR count). The van der Waals surface area contributed by atoms with Gasteiger partial charge >= 0.3 is 16.3 Å². The maximum atomic E-state index is 11.8. The molecule has 17 heavy (non-hydrogen) atoms. The molecule has 0 radical (unpaired) electrons. The van der Waals surface area contributed by atoms with Crippen molar-refractivity contribution in [1.29, 1.82) is 0 Å². The number of nitrogens with zero attached hydrogens (tertiary/aromatic N) is 1. The Kier molecular flexibility index (Phi) is 5.21. The van der Waals surface area contributed by atoms with Crippen LogP contribution in [0.3, 0.4) is 0 Å². The fraction of sp³-hybridized carbons (Fsp3) is 0.889. The summed E-state index contributed by atoms with van der Waals surface area (Å²) in [6.07, 6.45) is -0.170. The number of nitrogens with one attached hydrogen (secondary N) is 1. The Morgan fingerprint density at radius 3 is 2.76 bits per heavy atom. The summed E-state index contributed by atoms with van der Waals surface area (Å²) in [6.45, 7) is 4.58. The van der Waals surface area contributed by atoms with Crippen LogP contribution in [0, 0.1) is 5.92 Å². The number of amides is 1. The number of alkyl halides is 1. The van der Waals surface area contributed by atoms with E-state index in [2.05, 4.69) is 27.6 Å². The van der Waals surface area contributed by atoms with E-state index in [-0.39, 0.29) is 11.4 Å². The van der Waals surface area contributed by atoms with Crippen LogP contribution in [0.1, 0.15) is 20.3 Å². The summed E-state index contributed by atoms with van der Waals surface area (Å²) in [5.41, 5.74) is 0. The van der Waals surface area contributed by atoms with E-state index in [1.165, 1.54) is 4.31 Å². The van der Waals surface area contributed by atoms with Gasteiger partial charge in [0, 0.05) is 17.9 Å². The van der Waals surface area contributed by atoms with Crippen LogP contribution in [0.5, 0.6) is 0 Å². The molecule has 8 heteroatoms. The number of hydrogen-bond donors (Lipinski definition) is 1. The van der Waals surface area contributed by atoms with Crippen molar-refractivity contribution in [2.75, 3.05) is 19.7 Å². The fourth-order valence-electron chi connectivity index (χ4n) is 1.54. The van der Waals surface area contributed by atoms with Crippen LogP contribution >= 0.6 is 15.9 Å². The van der Waals surface area contributed by atoms with Crippen LogP contribution in [0.2, 0.25) is 0 Å². The summed E-state index contributed by atoms with van der Waals surface area (Å²) in [7, 11) is -3.78. The fourth-order valence-corrected chi connectivity index (χ4v) is 3.45. The normalized spacial score (nSPS) is 26.5. The number of rotatable bonds is 3. The van der Waals surface area contributed by atoms with Gasteiger partial charge < -0.3 is 4.74 Å². The lowest BCUT2D eigenvalue weighted by Gasteiger charge is -2.32. The molecular weight excluding hydrogens is 312 g/mol. The van der Waals surface area contributed by atoms with Crippen LogP contribution in [0.4, 0.5) is 4.79 Å². The maximum Gasteiger partial charge on any atom is 0.421 e. The topological polar surface area (TPSA) is 75.7 Å². The van der Waals surface area contributed by atoms with Gasteiger partial charge in [0.15, 0.2) is 0 Å². The molecule has 0 saturated carbocycles. The maximum absolute atomic E-state index is 11.8. The smallest absolute Gasteiger partial charge is 0.421 e.